The molecule has 7 nitrogen and oxygen atoms in total. The number of hydrogen-bond donors (Lipinski definition) is 1. The average Bonchev–Trinajstić information content (AvgIpc) is 2.76. The van der Waals surface area contributed by atoms with Gasteiger partial charge in [-0.3, -0.25) is 14.5 Å². The Bertz CT molecular complexity index is 672. The number of benzene rings is 1. The van der Waals surface area contributed by atoms with Crippen molar-refractivity contribution in [3.8, 4) is 5.75 Å². The minimum Gasteiger partial charge on any atom is -0.496 e. The van der Waals surface area contributed by atoms with E-state index in [9.17, 15) is 14.4 Å². The lowest BCUT2D eigenvalue weighted by Gasteiger charge is -2.20. The van der Waals surface area contributed by atoms with Gasteiger partial charge in [0.25, 0.3) is 5.91 Å². The van der Waals surface area contributed by atoms with Gasteiger partial charge in [-0.25, -0.2) is 4.79 Å². The van der Waals surface area contributed by atoms with Gasteiger partial charge in [-0.2, -0.15) is 0 Å². The summed E-state index contributed by atoms with van der Waals surface area (Å²) in [5, 5.41) is 2.63. The van der Waals surface area contributed by atoms with E-state index in [2.05, 4.69) is 5.32 Å². The van der Waals surface area contributed by atoms with Crippen LogP contribution in [0, 0.1) is 0 Å². The number of hydrogen-bond acceptors (Lipinski definition) is 4. The van der Waals surface area contributed by atoms with Crippen molar-refractivity contribution in [2.45, 2.75) is 38.8 Å². The molecule has 1 heterocycles. The highest BCUT2D eigenvalue weighted by Crippen LogP contribution is 2.20. The number of carbonyl (C=O) groups is 3. The molecule has 0 aromatic heterocycles. The second-order valence-corrected chi connectivity index (χ2v) is 6.68. The first kappa shape index (κ1) is 18.8. The third-order valence-electron chi connectivity index (χ3n) is 4.24. The summed E-state index contributed by atoms with van der Waals surface area (Å²) in [6, 6.07) is 7.15. The van der Waals surface area contributed by atoms with Crippen LogP contribution in [0.25, 0.3) is 0 Å². The summed E-state index contributed by atoms with van der Waals surface area (Å²) < 4.78 is 5.29. The molecule has 0 spiro atoms. The molecule has 1 N–H and O–H groups in total. The van der Waals surface area contributed by atoms with Crippen molar-refractivity contribution < 1.29 is 19.1 Å². The number of rotatable bonds is 7. The Hall–Kier alpha value is -2.57. The highest BCUT2D eigenvalue weighted by atomic mass is 16.5. The van der Waals surface area contributed by atoms with E-state index < -0.39 is 11.6 Å². The minimum atomic E-state index is -0.873. The number of methoxy groups -OCH3 is 1. The van der Waals surface area contributed by atoms with Crippen LogP contribution in [-0.4, -0.2) is 53.9 Å². The maximum Gasteiger partial charge on any atom is 0.325 e. The monoisotopic (exact) mass is 347 g/mol. The first-order valence-corrected chi connectivity index (χ1v) is 8.26. The normalized spacial score (nSPS) is 15.9. The van der Waals surface area contributed by atoms with Crippen molar-refractivity contribution in [2.75, 3.05) is 20.7 Å². The molecular weight excluding hydrogens is 322 g/mol. The predicted molar refractivity (Wildman–Crippen MR) is 93.0 cm³/mol. The van der Waals surface area contributed by atoms with Crippen LogP contribution < -0.4 is 10.1 Å². The first-order chi connectivity index (χ1) is 11.8. The summed E-state index contributed by atoms with van der Waals surface area (Å²) in [6.45, 7) is 4.01. The number of ether oxygens (including phenoxy) is 1. The SMILES string of the molecule is COc1ccccc1CN(C)C(=O)CCCN1C(=O)NC(C)(C)C1=O. The van der Waals surface area contributed by atoms with E-state index in [1.807, 2.05) is 24.3 Å². The molecular formula is C18H25N3O4. The number of para-hydroxylation sites is 1. The lowest BCUT2D eigenvalue weighted by molar-refractivity contribution is -0.132. The lowest BCUT2D eigenvalue weighted by Crippen LogP contribution is -2.40. The van der Waals surface area contributed by atoms with Crippen LogP contribution in [-0.2, 0) is 16.1 Å². The second-order valence-electron chi connectivity index (χ2n) is 6.68. The van der Waals surface area contributed by atoms with Gasteiger partial charge in [-0.15, -0.1) is 0 Å². The van der Waals surface area contributed by atoms with Gasteiger partial charge in [0.15, 0.2) is 0 Å². The van der Waals surface area contributed by atoms with Crippen molar-refractivity contribution in [1.82, 2.24) is 15.1 Å². The molecule has 25 heavy (non-hydrogen) atoms. The van der Waals surface area contributed by atoms with Crippen molar-refractivity contribution in [3.63, 3.8) is 0 Å². The summed E-state index contributed by atoms with van der Waals surface area (Å²) >= 11 is 0. The smallest absolute Gasteiger partial charge is 0.325 e. The van der Waals surface area contributed by atoms with Crippen LogP contribution >= 0.6 is 0 Å². The van der Waals surface area contributed by atoms with Gasteiger partial charge in [0, 0.05) is 32.1 Å². The molecule has 0 unspecified atom stereocenters. The zero-order chi connectivity index (χ0) is 18.6. The fraction of sp³-hybridized carbons (Fsp3) is 0.500. The van der Waals surface area contributed by atoms with E-state index in [4.69, 9.17) is 4.74 Å². The predicted octanol–water partition coefficient (Wildman–Crippen LogP) is 1.76. The molecule has 1 aliphatic heterocycles. The van der Waals surface area contributed by atoms with Crippen LogP contribution in [0.5, 0.6) is 5.75 Å². The Balaban J connectivity index is 1.84. The van der Waals surface area contributed by atoms with E-state index in [1.165, 1.54) is 4.90 Å². The van der Waals surface area contributed by atoms with Crippen LogP contribution in [0.2, 0.25) is 0 Å². The van der Waals surface area contributed by atoms with Gasteiger partial charge >= 0.3 is 6.03 Å². The Morgan fingerprint density at radius 2 is 1.96 bits per heavy atom. The summed E-state index contributed by atoms with van der Waals surface area (Å²) in [5.74, 6) is 0.438. The summed E-state index contributed by atoms with van der Waals surface area (Å²) in [7, 11) is 3.33. The third kappa shape index (κ3) is 4.29. The summed E-state index contributed by atoms with van der Waals surface area (Å²) in [4.78, 5) is 39.0. The maximum atomic E-state index is 12.3. The van der Waals surface area contributed by atoms with Crippen molar-refractivity contribution >= 4 is 17.8 Å². The van der Waals surface area contributed by atoms with Gasteiger partial charge in [-0.1, -0.05) is 18.2 Å². The molecule has 4 amide bonds. The van der Waals surface area contributed by atoms with Crippen molar-refractivity contribution in [1.29, 1.82) is 0 Å². The van der Waals surface area contributed by atoms with E-state index in [0.29, 0.717) is 13.0 Å². The second kappa shape index (κ2) is 7.55. The molecule has 1 fully saturated rings. The number of amides is 4. The van der Waals surface area contributed by atoms with Crippen molar-refractivity contribution in [2.24, 2.45) is 0 Å². The molecule has 1 aromatic carbocycles. The Kier molecular flexibility index (Phi) is 5.66. The Morgan fingerprint density at radius 3 is 2.56 bits per heavy atom. The molecule has 0 radical (unpaired) electrons. The number of carbonyl (C=O) groups excluding carboxylic acids is 3. The number of nitrogens with one attached hydrogen (secondary N) is 1. The van der Waals surface area contributed by atoms with Crippen molar-refractivity contribution in [3.05, 3.63) is 29.8 Å². The van der Waals surface area contributed by atoms with Crippen LogP contribution in [0.3, 0.4) is 0 Å². The van der Waals surface area contributed by atoms with Gasteiger partial charge in [0.2, 0.25) is 5.91 Å². The zero-order valence-corrected chi connectivity index (χ0v) is 15.2. The maximum absolute atomic E-state index is 12.3. The highest BCUT2D eigenvalue weighted by Gasteiger charge is 2.43. The minimum absolute atomic E-state index is 0.0442. The van der Waals surface area contributed by atoms with E-state index in [-0.39, 0.29) is 24.8 Å². The molecule has 1 aliphatic rings. The van der Waals surface area contributed by atoms with Crippen LogP contribution in [0.15, 0.2) is 24.3 Å². The van der Waals surface area contributed by atoms with Crippen LogP contribution in [0.1, 0.15) is 32.3 Å². The Labute approximate surface area is 147 Å². The van der Waals surface area contributed by atoms with Crippen LogP contribution in [0.4, 0.5) is 4.79 Å². The fourth-order valence-electron chi connectivity index (χ4n) is 2.78. The molecule has 1 saturated heterocycles. The van der Waals surface area contributed by atoms with E-state index in [0.717, 1.165) is 11.3 Å². The van der Waals surface area contributed by atoms with E-state index in [1.54, 1.807) is 32.9 Å². The van der Waals surface area contributed by atoms with Gasteiger partial charge in [-0.05, 0) is 26.3 Å². The molecule has 0 saturated carbocycles. The quantitative estimate of drug-likeness (QED) is 0.763. The molecule has 0 aliphatic carbocycles. The summed E-state index contributed by atoms with van der Waals surface area (Å²) in [6.07, 6.45) is 0.702. The average molecular weight is 347 g/mol. The topological polar surface area (TPSA) is 79.0 Å². The highest BCUT2D eigenvalue weighted by molar-refractivity contribution is 6.06. The number of urea groups is 1. The molecule has 0 atom stereocenters. The fourth-order valence-corrected chi connectivity index (χ4v) is 2.78. The standard InChI is InChI=1S/C18H25N3O4/c1-18(2)16(23)21(17(24)19-18)11-7-10-15(22)20(3)12-13-8-5-6-9-14(13)25-4/h5-6,8-9H,7,10-12H2,1-4H3,(H,19,24). The molecule has 136 valence electrons. The van der Waals surface area contributed by atoms with Gasteiger partial charge in [0.1, 0.15) is 11.3 Å². The number of nitrogens with zero attached hydrogens (tertiary/aromatic N) is 2. The summed E-state index contributed by atoms with van der Waals surface area (Å²) in [5.41, 5.74) is 0.0542. The molecule has 7 heteroatoms. The van der Waals surface area contributed by atoms with E-state index >= 15 is 0 Å². The lowest BCUT2D eigenvalue weighted by atomic mass is 10.1. The van der Waals surface area contributed by atoms with Gasteiger partial charge in [0.05, 0.1) is 7.11 Å². The third-order valence-corrected chi connectivity index (χ3v) is 4.24. The van der Waals surface area contributed by atoms with Gasteiger partial charge < -0.3 is 15.0 Å². The number of imide groups is 1. The molecule has 0 bridgehead atoms. The molecule has 1 aromatic rings. The largest absolute Gasteiger partial charge is 0.496 e. The molecule has 2 rings (SSSR count). The zero-order valence-electron chi connectivity index (χ0n) is 15.2. The first-order valence-electron chi connectivity index (χ1n) is 8.26. The Morgan fingerprint density at radius 1 is 1.28 bits per heavy atom.